The van der Waals surface area contributed by atoms with Gasteiger partial charge in [-0.25, -0.2) is 13.2 Å². The molecule has 0 amide bonds. The molecule has 0 spiro atoms. The molecule has 0 bridgehead atoms. The molecule has 2 nitrogen and oxygen atoms in total. The van der Waals surface area contributed by atoms with E-state index in [1.165, 1.54) is 0 Å². The van der Waals surface area contributed by atoms with Crippen LogP contribution in [0.5, 0.6) is 0 Å². The van der Waals surface area contributed by atoms with Crippen molar-refractivity contribution in [1.29, 1.82) is 0 Å². The van der Waals surface area contributed by atoms with Gasteiger partial charge in [0.25, 0.3) is 0 Å². The Bertz CT molecular complexity index is 486. The molecule has 0 radical (unpaired) electrons. The average molecular weight is 303 g/mol. The number of hydrogen-bond acceptors (Lipinski definition) is 3. The highest BCUT2D eigenvalue weighted by atomic mass is 35.5. The van der Waals surface area contributed by atoms with E-state index < -0.39 is 35.7 Å². The zero-order valence-corrected chi connectivity index (χ0v) is 10.9. The van der Waals surface area contributed by atoms with Gasteiger partial charge in [-0.05, 0) is 17.9 Å². The number of halogens is 4. The Morgan fingerprint density at radius 3 is 2.71 bits per heavy atom. The highest BCUT2D eigenvalue weighted by Gasteiger charge is 2.26. The van der Waals surface area contributed by atoms with E-state index in [9.17, 15) is 13.2 Å². The molecule has 0 saturated carbocycles. The summed E-state index contributed by atoms with van der Waals surface area (Å²) in [5.74, 6) is -3.62. The van der Waals surface area contributed by atoms with Gasteiger partial charge < -0.3 is 9.05 Å². The van der Waals surface area contributed by atoms with Crippen molar-refractivity contribution in [2.45, 2.75) is 12.5 Å². The highest BCUT2D eigenvalue weighted by Crippen LogP contribution is 2.42. The summed E-state index contributed by atoms with van der Waals surface area (Å²) < 4.78 is 50.0. The zero-order chi connectivity index (χ0) is 12.6. The fraction of sp³-hybridized carbons (Fsp3) is 0.333. The van der Waals surface area contributed by atoms with E-state index in [4.69, 9.17) is 32.5 Å². The summed E-state index contributed by atoms with van der Waals surface area (Å²) in [6.45, 7) is 0.304. The monoisotopic (exact) mass is 302 g/mol. The molecule has 1 saturated heterocycles. The van der Waals surface area contributed by atoms with Gasteiger partial charge >= 0.3 is 0 Å². The summed E-state index contributed by atoms with van der Waals surface area (Å²) in [5, 5.41) is -0.867. The molecular weight excluding hydrogens is 296 g/mol. The smallest absolute Gasteiger partial charge is 0.180 e. The topological polar surface area (TPSA) is 18.5 Å². The van der Waals surface area contributed by atoms with Crippen LogP contribution < -0.4 is 0 Å². The first-order valence-corrected chi connectivity index (χ1v) is 7.49. The second-order valence-electron chi connectivity index (χ2n) is 3.38. The quantitative estimate of drug-likeness (QED) is 0.447. The molecular formula is C9H7ClF3O2PS. The summed E-state index contributed by atoms with van der Waals surface area (Å²) in [5.41, 5.74) is -0.121. The third kappa shape index (κ3) is 2.66. The second-order valence-corrected chi connectivity index (χ2v) is 5.79. The maximum absolute atomic E-state index is 13.7. The van der Waals surface area contributed by atoms with Crippen LogP contribution in [0.4, 0.5) is 13.2 Å². The number of hydrogen-bond donors (Lipinski definition) is 0. The average Bonchev–Trinajstić information content (AvgIpc) is 2.31. The number of rotatable bonds is 1. The normalized spacial score (nSPS) is 24.9. The predicted molar refractivity (Wildman–Crippen MR) is 61.4 cm³/mol. The third-order valence-corrected chi connectivity index (χ3v) is 4.21. The second kappa shape index (κ2) is 5.24. The van der Waals surface area contributed by atoms with Crippen molar-refractivity contribution in [2.24, 2.45) is 0 Å². The Labute approximate surface area is 106 Å². The van der Waals surface area contributed by atoms with Crippen molar-refractivity contribution in [3.05, 3.63) is 34.1 Å². The summed E-state index contributed by atoms with van der Waals surface area (Å²) in [4.78, 5) is 0. The molecule has 1 aliphatic rings. The maximum Gasteiger partial charge on any atom is 0.180 e. The van der Waals surface area contributed by atoms with Crippen LogP contribution in [0.15, 0.2) is 6.07 Å². The largest absolute Gasteiger partial charge is 0.331 e. The van der Waals surface area contributed by atoms with Crippen LogP contribution in [0.1, 0.15) is 18.1 Å². The molecule has 0 N–H and O–H groups in total. The van der Waals surface area contributed by atoms with Crippen LogP contribution in [0.3, 0.4) is 0 Å². The van der Waals surface area contributed by atoms with Gasteiger partial charge in [0.15, 0.2) is 24.6 Å². The number of benzene rings is 1. The Kier molecular flexibility index (Phi) is 4.10. The van der Waals surface area contributed by atoms with E-state index in [0.29, 0.717) is 13.0 Å². The summed E-state index contributed by atoms with van der Waals surface area (Å²) >= 11 is 10.2. The minimum atomic E-state index is -1.88. The summed E-state index contributed by atoms with van der Waals surface area (Å²) in [7, 11) is -1.88. The molecule has 1 fully saturated rings. The van der Waals surface area contributed by atoms with Crippen molar-refractivity contribution in [1.82, 2.24) is 0 Å². The Balaban J connectivity index is 2.41. The third-order valence-electron chi connectivity index (χ3n) is 2.32. The molecule has 1 aromatic rings. The van der Waals surface area contributed by atoms with Crippen LogP contribution in [0.2, 0.25) is 5.02 Å². The lowest BCUT2D eigenvalue weighted by atomic mass is 10.1. The van der Waals surface area contributed by atoms with E-state index in [2.05, 4.69) is 0 Å². The SMILES string of the molecule is Fc1cc(C2CCO[PH](=S)O2)c(F)c(Cl)c1F. The highest BCUT2D eigenvalue weighted by molar-refractivity contribution is 8.00. The molecule has 1 aromatic carbocycles. The van der Waals surface area contributed by atoms with Gasteiger partial charge in [0, 0.05) is 12.0 Å². The lowest BCUT2D eigenvalue weighted by Crippen LogP contribution is -2.12. The van der Waals surface area contributed by atoms with Crippen LogP contribution in [0.25, 0.3) is 0 Å². The van der Waals surface area contributed by atoms with E-state index in [1.54, 1.807) is 0 Å². The zero-order valence-electron chi connectivity index (χ0n) is 8.31. The minimum Gasteiger partial charge on any atom is -0.331 e. The van der Waals surface area contributed by atoms with Gasteiger partial charge in [-0.3, -0.25) is 0 Å². The first-order valence-electron chi connectivity index (χ1n) is 4.67. The maximum atomic E-state index is 13.7. The van der Waals surface area contributed by atoms with Gasteiger partial charge in [-0.15, -0.1) is 0 Å². The standard InChI is InChI=1S/C9H7ClF3O2PS/c10-7-8(12)4(3-5(11)9(7)13)6-1-2-14-16(17)15-6/h3,6,16H,1-2H2. The molecule has 2 atom stereocenters. The molecule has 0 aliphatic carbocycles. The fourth-order valence-electron chi connectivity index (χ4n) is 1.50. The summed E-state index contributed by atoms with van der Waals surface area (Å²) in [6.07, 6.45) is -0.411. The summed E-state index contributed by atoms with van der Waals surface area (Å²) in [6, 6.07) is 0.747. The molecule has 94 valence electrons. The van der Waals surface area contributed by atoms with Crippen molar-refractivity contribution in [3.8, 4) is 0 Å². The van der Waals surface area contributed by atoms with E-state index >= 15 is 0 Å². The molecule has 1 heterocycles. The van der Waals surface area contributed by atoms with Crippen LogP contribution in [0, 0.1) is 17.5 Å². The van der Waals surface area contributed by atoms with Crippen molar-refractivity contribution < 1.29 is 22.2 Å². The van der Waals surface area contributed by atoms with E-state index in [0.717, 1.165) is 6.07 Å². The van der Waals surface area contributed by atoms with Gasteiger partial charge in [-0.2, -0.15) is 0 Å². The lowest BCUT2D eigenvalue weighted by molar-refractivity contribution is 0.116. The van der Waals surface area contributed by atoms with E-state index in [1.807, 2.05) is 0 Å². The molecule has 0 aromatic heterocycles. The first-order chi connectivity index (χ1) is 8.00. The Hall–Kier alpha value is -0.130. The molecule has 8 heteroatoms. The van der Waals surface area contributed by atoms with Gasteiger partial charge in [0.1, 0.15) is 5.02 Å². The van der Waals surface area contributed by atoms with Crippen molar-refractivity contribution >= 4 is 30.6 Å². The van der Waals surface area contributed by atoms with Crippen molar-refractivity contribution in [2.75, 3.05) is 6.61 Å². The van der Waals surface area contributed by atoms with Crippen LogP contribution in [-0.2, 0) is 20.9 Å². The minimum absolute atomic E-state index is 0.121. The Morgan fingerprint density at radius 2 is 2.06 bits per heavy atom. The predicted octanol–water partition coefficient (Wildman–Crippen LogP) is 3.74. The lowest BCUT2D eigenvalue weighted by Gasteiger charge is -2.25. The fourth-order valence-corrected chi connectivity index (χ4v) is 3.13. The molecule has 2 rings (SSSR count). The van der Waals surface area contributed by atoms with Crippen molar-refractivity contribution in [3.63, 3.8) is 0 Å². The van der Waals surface area contributed by atoms with Gasteiger partial charge in [0.05, 0.1) is 12.7 Å². The van der Waals surface area contributed by atoms with Gasteiger partial charge in [0.2, 0.25) is 0 Å². The van der Waals surface area contributed by atoms with Crippen LogP contribution >= 0.6 is 18.8 Å². The molecule has 17 heavy (non-hydrogen) atoms. The Morgan fingerprint density at radius 1 is 1.35 bits per heavy atom. The molecule has 1 aliphatic heterocycles. The first kappa shape index (κ1) is 13.3. The van der Waals surface area contributed by atoms with Gasteiger partial charge in [-0.1, -0.05) is 11.6 Å². The van der Waals surface area contributed by atoms with E-state index in [-0.39, 0.29) is 5.56 Å². The van der Waals surface area contributed by atoms with Crippen LogP contribution in [-0.4, -0.2) is 6.61 Å². The molecule has 2 unspecified atom stereocenters.